The summed E-state index contributed by atoms with van der Waals surface area (Å²) in [5, 5.41) is 20.3. The van der Waals surface area contributed by atoms with Gasteiger partial charge in [-0.2, -0.15) is 0 Å². The van der Waals surface area contributed by atoms with Crippen LogP contribution in [-0.2, 0) is 0 Å². The predicted octanol–water partition coefficient (Wildman–Crippen LogP) is 1.78. The molecule has 0 heterocycles. The average Bonchev–Trinajstić information content (AvgIpc) is 2.17. The lowest BCUT2D eigenvalue weighted by Crippen LogP contribution is -1.92. The molecule has 13 heavy (non-hydrogen) atoms. The molecule has 0 aliphatic heterocycles. The Labute approximate surface area is 80.0 Å². The Morgan fingerprint density at radius 3 is 2.77 bits per heavy atom. The standard InChI is InChI=1S/C8H8ClNO3/c1-13-7-4-5(8(9)10-12)2-3-6(7)11/h2-4,11-12H,1H3/b10-8-. The van der Waals surface area contributed by atoms with Crippen molar-refractivity contribution in [2.75, 3.05) is 7.11 Å². The first-order valence-corrected chi connectivity index (χ1v) is 3.81. The van der Waals surface area contributed by atoms with E-state index >= 15 is 0 Å². The molecule has 0 unspecified atom stereocenters. The Balaban J connectivity index is 3.13. The Bertz CT molecular complexity index is 338. The number of methoxy groups -OCH3 is 1. The third-order valence-electron chi connectivity index (χ3n) is 1.51. The zero-order valence-electron chi connectivity index (χ0n) is 6.86. The molecular formula is C8H8ClNO3. The van der Waals surface area contributed by atoms with Crippen molar-refractivity contribution < 1.29 is 15.1 Å². The highest BCUT2D eigenvalue weighted by molar-refractivity contribution is 6.69. The van der Waals surface area contributed by atoms with Gasteiger partial charge in [-0.05, 0) is 18.2 Å². The Morgan fingerprint density at radius 1 is 1.54 bits per heavy atom. The van der Waals surface area contributed by atoms with Crippen molar-refractivity contribution >= 4 is 16.8 Å². The maximum atomic E-state index is 9.22. The Hall–Kier alpha value is -1.42. The minimum atomic E-state index is -0.0571. The first-order valence-electron chi connectivity index (χ1n) is 3.44. The molecule has 70 valence electrons. The highest BCUT2D eigenvalue weighted by atomic mass is 35.5. The molecule has 2 N–H and O–H groups in total. The van der Waals surface area contributed by atoms with Gasteiger partial charge >= 0.3 is 0 Å². The maximum absolute atomic E-state index is 9.22. The number of nitrogens with zero attached hydrogens (tertiary/aromatic N) is 1. The summed E-state index contributed by atoms with van der Waals surface area (Å²) in [4.78, 5) is 0. The number of oxime groups is 1. The van der Waals surface area contributed by atoms with Crippen LogP contribution in [-0.4, -0.2) is 22.6 Å². The second-order valence-electron chi connectivity index (χ2n) is 2.28. The normalized spacial score (nSPS) is 11.4. The first kappa shape index (κ1) is 9.67. The van der Waals surface area contributed by atoms with Crippen LogP contribution in [0.1, 0.15) is 5.56 Å². The summed E-state index contributed by atoms with van der Waals surface area (Å²) in [6, 6.07) is 4.39. The molecule has 1 aromatic carbocycles. The molecule has 5 heteroatoms. The van der Waals surface area contributed by atoms with Gasteiger partial charge in [0.05, 0.1) is 7.11 Å². The van der Waals surface area contributed by atoms with Gasteiger partial charge in [-0.3, -0.25) is 0 Å². The summed E-state index contributed by atoms with van der Waals surface area (Å²) < 4.78 is 4.84. The van der Waals surface area contributed by atoms with E-state index in [0.29, 0.717) is 5.56 Å². The van der Waals surface area contributed by atoms with Gasteiger partial charge in [-0.25, -0.2) is 0 Å². The second kappa shape index (κ2) is 4.00. The van der Waals surface area contributed by atoms with Crippen molar-refractivity contribution in [3.05, 3.63) is 23.8 Å². The molecule has 0 saturated carbocycles. The minimum absolute atomic E-state index is 0.00802. The lowest BCUT2D eigenvalue weighted by Gasteiger charge is -2.04. The lowest BCUT2D eigenvalue weighted by molar-refractivity contribution is 0.320. The lowest BCUT2D eigenvalue weighted by atomic mass is 10.2. The maximum Gasteiger partial charge on any atom is 0.175 e. The molecule has 0 fully saturated rings. The number of benzene rings is 1. The number of phenolic OH excluding ortho intramolecular Hbond substituents is 1. The third-order valence-corrected chi connectivity index (χ3v) is 1.80. The number of halogens is 1. The van der Waals surface area contributed by atoms with E-state index < -0.39 is 0 Å². The number of phenols is 1. The third kappa shape index (κ3) is 2.03. The van der Waals surface area contributed by atoms with Crippen LogP contribution in [0.2, 0.25) is 0 Å². The van der Waals surface area contributed by atoms with Crippen molar-refractivity contribution in [2.45, 2.75) is 0 Å². The number of aromatic hydroxyl groups is 1. The van der Waals surface area contributed by atoms with Gasteiger partial charge in [0.15, 0.2) is 16.7 Å². The monoisotopic (exact) mass is 201 g/mol. The van der Waals surface area contributed by atoms with Crippen LogP contribution < -0.4 is 4.74 Å². The molecule has 0 spiro atoms. The topological polar surface area (TPSA) is 62.0 Å². The van der Waals surface area contributed by atoms with Gasteiger partial charge in [-0.1, -0.05) is 16.8 Å². The summed E-state index contributed by atoms with van der Waals surface area (Å²) >= 11 is 5.53. The second-order valence-corrected chi connectivity index (χ2v) is 2.64. The summed E-state index contributed by atoms with van der Waals surface area (Å²) in [6.45, 7) is 0. The molecule has 0 bridgehead atoms. The molecule has 1 rings (SSSR count). The van der Waals surface area contributed by atoms with Crippen LogP contribution in [0.3, 0.4) is 0 Å². The largest absolute Gasteiger partial charge is 0.504 e. The fourth-order valence-electron chi connectivity index (χ4n) is 0.864. The van der Waals surface area contributed by atoms with E-state index in [0.717, 1.165) is 0 Å². The van der Waals surface area contributed by atoms with Gasteiger partial charge < -0.3 is 15.1 Å². The van der Waals surface area contributed by atoms with E-state index in [4.69, 9.17) is 21.5 Å². The Morgan fingerprint density at radius 2 is 2.23 bits per heavy atom. The van der Waals surface area contributed by atoms with Gasteiger partial charge in [0.25, 0.3) is 0 Å². The molecule has 0 radical (unpaired) electrons. The predicted molar refractivity (Wildman–Crippen MR) is 48.8 cm³/mol. The molecular weight excluding hydrogens is 194 g/mol. The van der Waals surface area contributed by atoms with Crippen LogP contribution in [0.15, 0.2) is 23.4 Å². The zero-order valence-corrected chi connectivity index (χ0v) is 7.62. The van der Waals surface area contributed by atoms with E-state index in [9.17, 15) is 5.11 Å². The van der Waals surface area contributed by atoms with Gasteiger partial charge in [0, 0.05) is 5.56 Å². The van der Waals surface area contributed by atoms with Crippen LogP contribution >= 0.6 is 11.6 Å². The molecule has 0 atom stereocenters. The number of ether oxygens (including phenoxy) is 1. The molecule has 4 nitrogen and oxygen atoms in total. The Kier molecular flexibility index (Phi) is 2.97. The van der Waals surface area contributed by atoms with E-state index in [2.05, 4.69) is 5.16 Å². The quantitative estimate of drug-likeness (QED) is 0.436. The van der Waals surface area contributed by atoms with Gasteiger partial charge in [0.1, 0.15) is 0 Å². The smallest absolute Gasteiger partial charge is 0.175 e. The molecule has 0 amide bonds. The zero-order chi connectivity index (χ0) is 9.84. The van der Waals surface area contributed by atoms with Crippen molar-refractivity contribution in [3.63, 3.8) is 0 Å². The fraction of sp³-hybridized carbons (Fsp3) is 0.125. The summed E-state index contributed by atoms with van der Waals surface area (Å²) in [5.41, 5.74) is 0.471. The van der Waals surface area contributed by atoms with Crippen LogP contribution in [0.4, 0.5) is 0 Å². The summed E-state index contributed by atoms with van der Waals surface area (Å²) in [6.07, 6.45) is 0. The van der Waals surface area contributed by atoms with Crippen LogP contribution in [0.5, 0.6) is 11.5 Å². The van der Waals surface area contributed by atoms with Crippen LogP contribution in [0.25, 0.3) is 0 Å². The summed E-state index contributed by atoms with van der Waals surface area (Å²) in [5.74, 6) is 0.285. The highest BCUT2D eigenvalue weighted by Crippen LogP contribution is 2.26. The average molecular weight is 202 g/mol. The first-order chi connectivity index (χ1) is 6.19. The van der Waals surface area contributed by atoms with Crippen molar-refractivity contribution in [1.29, 1.82) is 0 Å². The fourth-order valence-corrected chi connectivity index (χ4v) is 0.981. The van der Waals surface area contributed by atoms with Crippen molar-refractivity contribution in [1.82, 2.24) is 0 Å². The number of hydrogen-bond donors (Lipinski definition) is 2. The van der Waals surface area contributed by atoms with E-state index in [1.54, 1.807) is 0 Å². The van der Waals surface area contributed by atoms with E-state index in [1.165, 1.54) is 25.3 Å². The molecule has 1 aromatic rings. The SMILES string of the molecule is COc1cc(/C(Cl)=N/O)ccc1O. The van der Waals surface area contributed by atoms with Gasteiger partial charge in [-0.15, -0.1) is 0 Å². The minimum Gasteiger partial charge on any atom is -0.504 e. The molecule has 0 aliphatic carbocycles. The van der Waals surface area contributed by atoms with E-state index in [1.807, 2.05) is 0 Å². The van der Waals surface area contributed by atoms with E-state index in [-0.39, 0.29) is 16.7 Å². The van der Waals surface area contributed by atoms with Crippen molar-refractivity contribution in [2.24, 2.45) is 5.16 Å². The molecule has 0 aromatic heterocycles. The molecule has 0 saturated heterocycles. The number of rotatable bonds is 2. The van der Waals surface area contributed by atoms with Gasteiger partial charge in [0.2, 0.25) is 0 Å². The summed E-state index contributed by atoms with van der Waals surface area (Å²) in [7, 11) is 1.42. The molecule has 0 aliphatic rings. The highest BCUT2D eigenvalue weighted by Gasteiger charge is 2.05. The van der Waals surface area contributed by atoms with Crippen LogP contribution in [0, 0.1) is 0 Å². The number of hydrogen-bond acceptors (Lipinski definition) is 4. The van der Waals surface area contributed by atoms with Crippen molar-refractivity contribution in [3.8, 4) is 11.5 Å².